The number of thiophene rings is 1. The van der Waals surface area contributed by atoms with Crippen molar-refractivity contribution in [3.05, 3.63) is 33.1 Å². The molecule has 0 amide bonds. The van der Waals surface area contributed by atoms with Crippen LogP contribution < -0.4 is 10.2 Å². The van der Waals surface area contributed by atoms with Gasteiger partial charge in [0.15, 0.2) is 0 Å². The number of nitrogens with zero attached hydrogens (tertiary/aromatic N) is 3. The van der Waals surface area contributed by atoms with Crippen LogP contribution in [0.3, 0.4) is 0 Å². The molecule has 2 heterocycles. The molecule has 0 bridgehead atoms. The van der Waals surface area contributed by atoms with Gasteiger partial charge in [-0.2, -0.15) is 4.98 Å². The molecule has 0 saturated carbocycles. The van der Waals surface area contributed by atoms with Crippen molar-refractivity contribution in [3.63, 3.8) is 0 Å². The van der Waals surface area contributed by atoms with Gasteiger partial charge in [-0.3, -0.25) is 0 Å². The smallest absolute Gasteiger partial charge is 0.226 e. The van der Waals surface area contributed by atoms with Gasteiger partial charge in [0.2, 0.25) is 5.95 Å². The van der Waals surface area contributed by atoms with Crippen LogP contribution in [0.5, 0.6) is 0 Å². The maximum absolute atomic E-state index is 4.39. The summed E-state index contributed by atoms with van der Waals surface area (Å²) in [6.45, 7) is 0.778. The first-order valence-corrected chi connectivity index (χ1v) is 6.74. The summed E-state index contributed by atoms with van der Waals surface area (Å²) < 4.78 is 1.14. The van der Waals surface area contributed by atoms with Gasteiger partial charge in [0.25, 0.3) is 0 Å². The zero-order chi connectivity index (χ0) is 12.3. The molecule has 0 radical (unpaired) electrons. The van der Waals surface area contributed by atoms with Crippen molar-refractivity contribution < 1.29 is 0 Å². The van der Waals surface area contributed by atoms with Gasteiger partial charge in [0.1, 0.15) is 5.82 Å². The first-order valence-electron chi connectivity index (χ1n) is 5.13. The van der Waals surface area contributed by atoms with Crippen LogP contribution in [0.2, 0.25) is 0 Å². The van der Waals surface area contributed by atoms with Crippen molar-refractivity contribution in [3.8, 4) is 0 Å². The predicted octanol–water partition coefficient (Wildman–Crippen LogP) is 2.98. The van der Waals surface area contributed by atoms with Crippen molar-refractivity contribution in [1.82, 2.24) is 9.97 Å². The molecule has 0 aromatic carbocycles. The Labute approximate surface area is 113 Å². The SMILES string of the molecule is CN(C)c1nccc(NCc2ccc(Br)s2)n1. The van der Waals surface area contributed by atoms with Crippen molar-refractivity contribution in [2.24, 2.45) is 0 Å². The average Bonchev–Trinajstić information content (AvgIpc) is 2.73. The molecule has 0 unspecified atom stereocenters. The minimum atomic E-state index is 0.711. The zero-order valence-electron chi connectivity index (χ0n) is 9.64. The Kier molecular flexibility index (Phi) is 3.96. The lowest BCUT2D eigenvalue weighted by Gasteiger charge is -2.11. The van der Waals surface area contributed by atoms with E-state index in [0.29, 0.717) is 5.95 Å². The molecule has 2 aromatic heterocycles. The topological polar surface area (TPSA) is 41.1 Å². The van der Waals surface area contributed by atoms with E-state index in [1.165, 1.54) is 4.88 Å². The fraction of sp³-hybridized carbons (Fsp3) is 0.273. The molecule has 0 aliphatic heterocycles. The van der Waals surface area contributed by atoms with E-state index < -0.39 is 0 Å². The van der Waals surface area contributed by atoms with E-state index in [0.717, 1.165) is 16.1 Å². The summed E-state index contributed by atoms with van der Waals surface area (Å²) in [7, 11) is 3.85. The van der Waals surface area contributed by atoms with Crippen molar-refractivity contribution in [1.29, 1.82) is 0 Å². The number of nitrogens with one attached hydrogen (secondary N) is 1. The highest BCUT2D eigenvalue weighted by atomic mass is 79.9. The standard InChI is InChI=1S/C11H13BrN4S/c1-16(2)11-13-6-5-10(15-11)14-7-8-3-4-9(12)17-8/h3-6H,7H2,1-2H3,(H,13,14,15). The van der Waals surface area contributed by atoms with Gasteiger partial charge in [0, 0.05) is 25.2 Å². The van der Waals surface area contributed by atoms with Crippen molar-refractivity contribution in [2.45, 2.75) is 6.54 Å². The number of hydrogen-bond acceptors (Lipinski definition) is 5. The Morgan fingerprint density at radius 2 is 2.18 bits per heavy atom. The van der Waals surface area contributed by atoms with Gasteiger partial charge in [-0.15, -0.1) is 11.3 Å². The van der Waals surface area contributed by atoms with E-state index in [2.05, 4.69) is 37.3 Å². The van der Waals surface area contributed by atoms with E-state index in [1.807, 2.05) is 31.1 Å². The molecule has 4 nitrogen and oxygen atoms in total. The maximum atomic E-state index is 4.39. The summed E-state index contributed by atoms with van der Waals surface area (Å²) >= 11 is 5.17. The Hall–Kier alpha value is -1.14. The Bertz CT molecular complexity index is 498. The number of hydrogen-bond donors (Lipinski definition) is 1. The minimum absolute atomic E-state index is 0.711. The highest BCUT2D eigenvalue weighted by Gasteiger charge is 2.02. The average molecular weight is 313 g/mol. The largest absolute Gasteiger partial charge is 0.365 e. The minimum Gasteiger partial charge on any atom is -0.365 e. The molecular weight excluding hydrogens is 300 g/mol. The number of aromatic nitrogens is 2. The molecule has 90 valence electrons. The lowest BCUT2D eigenvalue weighted by atomic mass is 10.4. The molecule has 0 spiro atoms. The number of rotatable bonds is 4. The second-order valence-electron chi connectivity index (χ2n) is 3.70. The maximum Gasteiger partial charge on any atom is 0.226 e. The van der Waals surface area contributed by atoms with Crippen molar-refractivity contribution >= 4 is 39.0 Å². The summed E-state index contributed by atoms with van der Waals surface area (Å²) in [4.78, 5) is 11.7. The molecule has 0 aliphatic carbocycles. The molecule has 0 saturated heterocycles. The molecule has 0 atom stereocenters. The lowest BCUT2D eigenvalue weighted by molar-refractivity contribution is 0.990. The van der Waals surface area contributed by atoms with E-state index in [4.69, 9.17) is 0 Å². The Morgan fingerprint density at radius 3 is 2.82 bits per heavy atom. The van der Waals surface area contributed by atoms with Gasteiger partial charge in [-0.05, 0) is 34.1 Å². The summed E-state index contributed by atoms with van der Waals surface area (Å²) in [6, 6.07) is 6.01. The van der Waals surface area contributed by atoms with Crippen LogP contribution in [-0.4, -0.2) is 24.1 Å². The van der Waals surface area contributed by atoms with Gasteiger partial charge in [-0.25, -0.2) is 4.98 Å². The molecule has 1 N–H and O–H groups in total. The van der Waals surface area contributed by atoms with Gasteiger partial charge >= 0.3 is 0 Å². The first-order chi connectivity index (χ1) is 8.15. The zero-order valence-corrected chi connectivity index (χ0v) is 12.0. The molecule has 6 heteroatoms. The monoisotopic (exact) mass is 312 g/mol. The second kappa shape index (κ2) is 5.46. The second-order valence-corrected chi connectivity index (χ2v) is 6.24. The van der Waals surface area contributed by atoms with Crippen LogP contribution in [0, 0.1) is 0 Å². The molecular formula is C11H13BrN4S. The van der Waals surface area contributed by atoms with E-state index in [9.17, 15) is 0 Å². The molecule has 2 rings (SSSR count). The third-order valence-electron chi connectivity index (χ3n) is 2.12. The number of halogens is 1. The quantitative estimate of drug-likeness (QED) is 0.942. The first kappa shape index (κ1) is 12.3. The van der Waals surface area contributed by atoms with Crippen LogP contribution >= 0.6 is 27.3 Å². The Morgan fingerprint density at radius 1 is 1.35 bits per heavy atom. The van der Waals surface area contributed by atoms with Gasteiger partial charge in [0.05, 0.1) is 10.3 Å². The van der Waals surface area contributed by atoms with E-state index in [-0.39, 0.29) is 0 Å². The predicted molar refractivity (Wildman–Crippen MR) is 75.7 cm³/mol. The van der Waals surface area contributed by atoms with Crippen LogP contribution in [0.25, 0.3) is 0 Å². The lowest BCUT2D eigenvalue weighted by Crippen LogP contribution is -2.13. The third kappa shape index (κ3) is 3.41. The van der Waals surface area contributed by atoms with Crippen LogP contribution in [0.4, 0.5) is 11.8 Å². The third-order valence-corrected chi connectivity index (χ3v) is 3.74. The Balaban J connectivity index is 2.01. The molecule has 17 heavy (non-hydrogen) atoms. The fourth-order valence-corrected chi connectivity index (χ4v) is 2.71. The molecule has 2 aromatic rings. The molecule has 0 fully saturated rings. The van der Waals surface area contributed by atoms with E-state index >= 15 is 0 Å². The highest BCUT2D eigenvalue weighted by Crippen LogP contribution is 2.22. The summed E-state index contributed by atoms with van der Waals surface area (Å²) in [5.41, 5.74) is 0. The van der Waals surface area contributed by atoms with Crippen LogP contribution in [-0.2, 0) is 6.54 Å². The van der Waals surface area contributed by atoms with Crippen molar-refractivity contribution in [2.75, 3.05) is 24.3 Å². The normalized spacial score (nSPS) is 10.3. The van der Waals surface area contributed by atoms with E-state index in [1.54, 1.807) is 17.5 Å². The van der Waals surface area contributed by atoms with Crippen LogP contribution in [0.15, 0.2) is 28.2 Å². The fourth-order valence-electron chi connectivity index (χ4n) is 1.29. The highest BCUT2D eigenvalue weighted by molar-refractivity contribution is 9.11. The summed E-state index contributed by atoms with van der Waals surface area (Å²) in [6.07, 6.45) is 1.76. The molecule has 0 aliphatic rings. The number of anilines is 2. The van der Waals surface area contributed by atoms with Crippen LogP contribution in [0.1, 0.15) is 4.88 Å². The van der Waals surface area contributed by atoms with Gasteiger partial charge < -0.3 is 10.2 Å². The van der Waals surface area contributed by atoms with Gasteiger partial charge in [-0.1, -0.05) is 0 Å². The summed E-state index contributed by atoms with van der Waals surface area (Å²) in [5, 5.41) is 3.28. The summed E-state index contributed by atoms with van der Waals surface area (Å²) in [5.74, 6) is 1.55.